The smallest absolute Gasteiger partial charge is 0.170 e. The standard InChI is InChI=1S/C27H32N4OS/c1-4-20-10-12-21(13-11-20)31-18(2)16-23(19(31)3)26-25(24-9-5-6-14-28-24)29-27(33)30(26)17-22-8-7-15-32-22/h5-6,9-14,16,22,25-26H,4,7-8,15,17H2,1-3H3,(H,29,33)/t22-,25-,26-/m0/s1. The van der Waals surface area contributed by atoms with Crippen LogP contribution < -0.4 is 5.32 Å². The number of aromatic nitrogens is 2. The lowest BCUT2D eigenvalue weighted by molar-refractivity contribution is 0.0842. The quantitative estimate of drug-likeness (QED) is 0.512. The van der Waals surface area contributed by atoms with E-state index in [9.17, 15) is 0 Å². The maximum atomic E-state index is 5.99. The Morgan fingerprint density at radius 3 is 2.64 bits per heavy atom. The van der Waals surface area contributed by atoms with Crippen molar-refractivity contribution in [2.24, 2.45) is 0 Å². The van der Waals surface area contributed by atoms with Gasteiger partial charge in [0, 0.05) is 36.4 Å². The highest BCUT2D eigenvalue weighted by Gasteiger charge is 2.42. The summed E-state index contributed by atoms with van der Waals surface area (Å²) >= 11 is 5.86. The molecule has 1 N–H and O–H groups in total. The Morgan fingerprint density at radius 2 is 1.97 bits per heavy atom. The summed E-state index contributed by atoms with van der Waals surface area (Å²) in [6, 6.07) is 17.4. The first-order valence-corrected chi connectivity index (χ1v) is 12.4. The van der Waals surface area contributed by atoms with Crippen LogP contribution in [0.1, 0.15) is 60.1 Å². The fraction of sp³-hybridized carbons (Fsp3) is 0.407. The van der Waals surface area contributed by atoms with Crippen molar-refractivity contribution >= 4 is 17.3 Å². The van der Waals surface area contributed by atoms with Crippen molar-refractivity contribution in [1.29, 1.82) is 0 Å². The van der Waals surface area contributed by atoms with Gasteiger partial charge in [0.1, 0.15) is 0 Å². The van der Waals surface area contributed by atoms with Crippen LogP contribution in [-0.4, -0.2) is 38.8 Å². The van der Waals surface area contributed by atoms with Gasteiger partial charge in [-0.05, 0) is 86.8 Å². The minimum Gasteiger partial charge on any atom is -0.376 e. The van der Waals surface area contributed by atoms with Gasteiger partial charge in [0.05, 0.1) is 23.9 Å². The van der Waals surface area contributed by atoms with Crippen LogP contribution in [0, 0.1) is 13.8 Å². The third-order valence-corrected chi connectivity index (χ3v) is 7.37. The molecule has 5 rings (SSSR count). The molecule has 0 saturated carbocycles. The molecule has 3 aromatic rings. The summed E-state index contributed by atoms with van der Waals surface area (Å²) in [5, 5.41) is 4.36. The van der Waals surface area contributed by atoms with Crippen molar-refractivity contribution in [3.8, 4) is 5.69 Å². The van der Waals surface area contributed by atoms with Crippen molar-refractivity contribution in [3.63, 3.8) is 0 Å². The fourth-order valence-corrected chi connectivity index (χ4v) is 5.63. The number of hydrogen-bond donors (Lipinski definition) is 1. The highest BCUT2D eigenvalue weighted by molar-refractivity contribution is 7.80. The van der Waals surface area contributed by atoms with Gasteiger partial charge in [-0.3, -0.25) is 4.98 Å². The van der Waals surface area contributed by atoms with Crippen LogP contribution in [-0.2, 0) is 11.2 Å². The van der Waals surface area contributed by atoms with Crippen molar-refractivity contribution in [2.75, 3.05) is 13.2 Å². The van der Waals surface area contributed by atoms with Crippen LogP contribution in [0.5, 0.6) is 0 Å². The Labute approximate surface area is 201 Å². The maximum Gasteiger partial charge on any atom is 0.170 e. The molecule has 2 aromatic heterocycles. The van der Waals surface area contributed by atoms with Crippen LogP contribution in [0.3, 0.4) is 0 Å². The number of rotatable bonds is 6. The Hall–Kier alpha value is -2.70. The van der Waals surface area contributed by atoms with Gasteiger partial charge in [-0.1, -0.05) is 25.1 Å². The number of nitrogens with zero attached hydrogens (tertiary/aromatic N) is 3. The molecular weight excluding hydrogens is 428 g/mol. The minimum atomic E-state index is -0.00322. The summed E-state index contributed by atoms with van der Waals surface area (Å²) < 4.78 is 8.35. The Kier molecular flexibility index (Phi) is 6.21. The zero-order valence-electron chi connectivity index (χ0n) is 19.6. The molecule has 2 saturated heterocycles. The van der Waals surface area contributed by atoms with Crippen molar-refractivity contribution < 1.29 is 4.74 Å². The van der Waals surface area contributed by atoms with Crippen molar-refractivity contribution in [3.05, 3.63) is 82.9 Å². The van der Waals surface area contributed by atoms with Gasteiger partial charge in [0.25, 0.3) is 0 Å². The molecule has 2 aliphatic heterocycles. The molecule has 0 unspecified atom stereocenters. The SMILES string of the molecule is CCc1ccc(-n2c(C)cc([C@H]3[C@H](c4ccccn4)NC(=S)N3C[C@@H]3CCCO3)c2C)cc1. The molecule has 0 radical (unpaired) electrons. The number of thiocarbonyl (C=S) groups is 1. The van der Waals surface area contributed by atoms with Gasteiger partial charge in [-0.15, -0.1) is 0 Å². The predicted molar refractivity (Wildman–Crippen MR) is 136 cm³/mol. The van der Waals surface area contributed by atoms with Gasteiger partial charge >= 0.3 is 0 Å². The normalized spacial score (nSPS) is 22.7. The van der Waals surface area contributed by atoms with E-state index in [1.165, 1.54) is 28.2 Å². The van der Waals surface area contributed by atoms with E-state index < -0.39 is 0 Å². The zero-order chi connectivity index (χ0) is 22.9. The highest BCUT2D eigenvalue weighted by Crippen LogP contribution is 2.42. The molecule has 0 spiro atoms. The molecule has 172 valence electrons. The summed E-state index contributed by atoms with van der Waals surface area (Å²) in [4.78, 5) is 7.02. The van der Waals surface area contributed by atoms with Crippen LogP contribution in [0.15, 0.2) is 54.7 Å². The average Bonchev–Trinajstić information content (AvgIpc) is 3.54. The lowest BCUT2D eigenvalue weighted by atomic mass is 9.96. The zero-order valence-corrected chi connectivity index (χ0v) is 20.4. The first-order valence-electron chi connectivity index (χ1n) is 11.9. The van der Waals surface area contributed by atoms with E-state index >= 15 is 0 Å². The molecule has 0 bridgehead atoms. The number of pyridine rings is 1. The van der Waals surface area contributed by atoms with E-state index in [1.54, 1.807) is 0 Å². The number of nitrogens with one attached hydrogen (secondary N) is 1. The Morgan fingerprint density at radius 1 is 1.15 bits per heavy atom. The summed E-state index contributed by atoms with van der Waals surface area (Å²) in [6.45, 7) is 8.24. The Bertz CT molecular complexity index is 1120. The number of benzene rings is 1. The van der Waals surface area contributed by atoms with E-state index in [1.807, 2.05) is 18.3 Å². The van der Waals surface area contributed by atoms with Crippen LogP contribution in [0.2, 0.25) is 0 Å². The molecule has 6 heteroatoms. The van der Waals surface area contributed by atoms with E-state index in [2.05, 4.69) is 76.9 Å². The van der Waals surface area contributed by atoms with Crippen LogP contribution in [0.4, 0.5) is 0 Å². The second-order valence-corrected chi connectivity index (χ2v) is 9.48. The third-order valence-electron chi connectivity index (χ3n) is 7.01. The average molecular weight is 461 g/mol. The summed E-state index contributed by atoms with van der Waals surface area (Å²) in [5.41, 5.74) is 7.31. The first kappa shape index (κ1) is 22.1. The molecule has 1 aromatic carbocycles. The lowest BCUT2D eigenvalue weighted by Gasteiger charge is -2.30. The summed E-state index contributed by atoms with van der Waals surface area (Å²) in [5.74, 6) is 0. The van der Waals surface area contributed by atoms with Gasteiger partial charge in [0.15, 0.2) is 5.11 Å². The monoisotopic (exact) mass is 460 g/mol. The minimum absolute atomic E-state index is 0.00322. The molecule has 33 heavy (non-hydrogen) atoms. The van der Waals surface area contributed by atoms with Crippen LogP contribution >= 0.6 is 12.2 Å². The van der Waals surface area contributed by atoms with Gasteiger partial charge in [0.2, 0.25) is 0 Å². The van der Waals surface area contributed by atoms with E-state index in [0.29, 0.717) is 0 Å². The topological polar surface area (TPSA) is 42.3 Å². The van der Waals surface area contributed by atoms with Crippen LogP contribution in [0.25, 0.3) is 5.69 Å². The molecule has 4 heterocycles. The first-order chi connectivity index (χ1) is 16.1. The second-order valence-electron chi connectivity index (χ2n) is 9.10. The predicted octanol–water partition coefficient (Wildman–Crippen LogP) is 5.20. The molecule has 0 aliphatic carbocycles. The lowest BCUT2D eigenvalue weighted by Crippen LogP contribution is -2.36. The molecule has 5 nitrogen and oxygen atoms in total. The number of aryl methyl sites for hydroxylation is 2. The van der Waals surface area contributed by atoms with E-state index in [-0.39, 0.29) is 18.2 Å². The fourth-order valence-electron chi connectivity index (χ4n) is 5.31. The Balaban J connectivity index is 1.57. The molecule has 0 amide bonds. The number of hydrogen-bond acceptors (Lipinski definition) is 3. The highest BCUT2D eigenvalue weighted by atomic mass is 32.1. The maximum absolute atomic E-state index is 5.99. The van der Waals surface area contributed by atoms with Crippen molar-refractivity contribution in [2.45, 2.75) is 58.2 Å². The molecule has 3 atom stereocenters. The number of ether oxygens (including phenoxy) is 1. The van der Waals surface area contributed by atoms with Crippen molar-refractivity contribution in [1.82, 2.24) is 19.8 Å². The molecule has 2 fully saturated rings. The third kappa shape index (κ3) is 4.18. The second kappa shape index (κ2) is 9.27. The van der Waals surface area contributed by atoms with E-state index in [0.717, 1.165) is 43.2 Å². The van der Waals surface area contributed by atoms with Gasteiger partial charge < -0.3 is 19.5 Å². The molecule has 2 aliphatic rings. The summed E-state index contributed by atoms with van der Waals surface area (Å²) in [7, 11) is 0. The summed E-state index contributed by atoms with van der Waals surface area (Å²) in [6.07, 6.45) is 5.33. The van der Waals surface area contributed by atoms with Gasteiger partial charge in [-0.2, -0.15) is 0 Å². The van der Waals surface area contributed by atoms with Gasteiger partial charge in [-0.25, -0.2) is 0 Å². The molecular formula is C27H32N4OS. The largest absolute Gasteiger partial charge is 0.376 e. The van der Waals surface area contributed by atoms with E-state index in [4.69, 9.17) is 17.0 Å².